The lowest BCUT2D eigenvalue weighted by atomic mass is 9.72. The number of rotatable bonds is 12. The quantitative estimate of drug-likeness (QED) is 0.298. The number of aromatic nitrogens is 2. The second-order valence-electron chi connectivity index (χ2n) is 14.4. The lowest BCUT2D eigenvalue weighted by Gasteiger charge is -2.55. The standard InChI is InChI=1S/C33H46F3N7O6S/c1-4-39-50(46,47)40-24-7-8-33(45,48-17-24)20-41-11-9-31(10-12-41)18-42(19-31)29-28(16-37-21-38-29)49-27-6-5-23(34)13-26(27)30(44)43(22(2)3)25-14-32(35,36)15-25/h5-6,13,16,21-22,24-25,39-40,45H,4,7-12,14-15,17-20H2,1-3H3/t24-,33-/m1/s1. The fraction of sp³-hybridized carbons (Fsp3) is 0.667. The van der Waals surface area contributed by atoms with Gasteiger partial charge in [0.15, 0.2) is 17.4 Å². The van der Waals surface area contributed by atoms with E-state index in [9.17, 15) is 31.5 Å². The summed E-state index contributed by atoms with van der Waals surface area (Å²) in [5, 5.41) is 11.1. The van der Waals surface area contributed by atoms with Gasteiger partial charge >= 0.3 is 0 Å². The van der Waals surface area contributed by atoms with E-state index in [-0.39, 0.29) is 41.7 Å². The molecule has 1 saturated carbocycles. The van der Waals surface area contributed by atoms with Gasteiger partial charge in [0.1, 0.15) is 17.9 Å². The first-order valence-corrected chi connectivity index (χ1v) is 18.7. The highest BCUT2D eigenvalue weighted by atomic mass is 32.2. The maximum Gasteiger partial charge on any atom is 0.277 e. The number of amides is 1. The molecule has 13 nitrogen and oxygen atoms in total. The molecule has 4 heterocycles. The lowest BCUT2D eigenvalue weighted by molar-refractivity contribution is -0.239. The van der Waals surface area contributed by atoms with Gasteiger partial charge in [0, 0.05) is 62.4 Å². The lowest BCUT2D eigenvalue weighted by Crippen LogP contribution is -2.62. The van der Waals surface area contributed by atoms with Crippen LogP contribution in [0.2, 0.25) is 0 Å². The summed E-state index contributed by atoms with van der Waals surface area (Å²) >= 11 is 0. The van der Waals surface area contributed by atoms with Gasteiger partial charge in [-0.2, -0.15) is 13.1 Å². The van der Waals surface area contributed by atoms with Gasteiger partial charge in [0.2, 0.25) is 0 Å². The summed E-state index contributed by atoms with van der Waals surface area (Å²) in [7, 11) is -3.61. The summed E-state index contributed by atoms with van der Waals surface area (Å²) in [6.45, 7) is 8.79. The molecule has 4 aliphatic rings. The number of piperidine rings is 1. The van der Waals surface area contributed by atoms with Crippen LogP contribution in [0.1, 0.15) is 69.7 Å². The largest absolute Gasteiger partial charge is 0.451 e. The molecule has 3 N–H and O–H groups in total. The third-order valence-corrected chi connectivity index (χ3v) is 11.4. The number of nitrogens with one attached hydrogen (secondary N) is 2. The molecule has 1 aromatic carbocycles. The molecule has 3 aliphatic heterocycles. The molecule has 276 valence electrons. The Morgan fingerprint density at radius 1 is 1.18 bits per heavy atom. The molecular weight excluding hydrogens is 679 g/mol. The monoisotopic (exact) mass is 725 g/mol. The van der Waals surface area contributed by atoms with Crippen LogP contribution >= 0.6 is 0 Å². The Balaban J connectivity index is 1.05. The smallest absolute Gasteiger partial charge is 0.277 e. The number of nitrogens with zero attached hydrogens (tertiary/aromatic N) is 5. The predicted molar refractivity (Wildman–Crippen MR) is 178 cm³/mol. The second kappa shape index (κ2) is 14.1. The number of benzene rings is 1. The molecule has 2 atom stereocenters. The summed E-state index contributed by atoms with van der Waals surface area (Å²) in [5.74, 6) is -4.51. The number of ether oxygens (including phenoxy) is 2. The van der Waals surface area contributed by atoms with E-state index < -0.39 is 58.6 Å². The van der Waals surface area contributed by atoms with Gasteiger partial charge < -0.3 is 24.4 Å². The Kier molecular flexibility index (Phi) is 10.4. The van der Waals surface area contributed by atoms with Gasteiger partial charge in [0.05, 0.1) is 24.9 Å². The zero-order chi connectivity index (χ0) is 35.9. The fourth-order valence-electron chi connectivity index (χ4n) is 7.53. The number of likely N-dealkylation sites (tertiary alicyclic amines) is 1. The van der Waals surface area contributed by atoms with Crippen molar-refractivity contribution in [1.82, 2.24) is 29.2 Å². The highest BCUT2D eigenvalue weighted by molar-refractivity contribution is 7.87. The SMILES string of the molecule is CCNS(=O)(=O)N[C@@H]1CC[C@](O)(CN2CCC3(CC2)CN(c2ncncc2Oc2ccc(F)cc2C(=O)N(C(C)C)C2CC(F)(F)C2)C3)OC1. The van der Waals surface area contributed by atoms with E-state index in [0.29, 0.717) is 38.3 Å². The van der Waals surface area contributed by atoms with E-state index in [1.165, 1.54) is 29.6 Å². The van der Waals surface area contributed by atoms with E-state index in [4.69, 9.17) is 9.47 Å². The number of anilines is 1. The zero-order valence-corrected chi connectivity index (χ0v) is 29.4. The van der Waals surface area contributed by atoms with E-state index in [2.05, 4.69) is 29.2 Å². The van der Waals surface area contributed by atoms with Crippen molar-refractivity contribution in [3.05, 3.63) is 42.1 Å². The van der Waals surface area contributed by atoms with Crippen LogP contribution in [0.15, 0.2) is 30.7 Å². The molecule has 0 unspecified atom stereocenters. The van der Waals surface area contributed by atoms with Crippen molar-refractivity contribution in [2.75, 3.05) is 50.8 Å². The minimum absolute atomic E-state index is 0.0318. The number of hydrogen-bond donors (Lipinski definition) is 3. The molecular formula is C33H46F3N7O6S. The van der Waals surface area contributed by atoms with Gasteiger partial charge in [-0.05, 0) is 64.4 Å². The molecule has 4 fully saturated rings. The first-order chi connectivity index (χ1) is 23.6. The normalized spacial score (nSPS) is 25.3. The highest BCUT2D eigenvalue weighted by Gasteiger charge is 2.50. The second-order valence-corrected chi connectivity index (χ2v) is 16.0. The van der Waals surface area contributed by atoms with Crippen molar-refractivity contribution >= 4 is 21.9 Å². The van der Waals surface area contributed by atoms with Crippen LogP contribution in [0, 0.1) is 11.2 Å². The Hall–Kier alpha value is -3.09. The Morgan fingerprint density at radius 2 is 1.90 bits per heavy atom. The van der Waals surface area contributed by atoms with Crippen LogP contribution in [0.5, 0.6) is 11.5 Å². The van der Waals surface area contributed by atoms with Crippen molar-refractivity contribution in [2.45, 2.75) is 89.1 Å². The van der Waals surface area contributed by atoms with Crippen molar-refractivity contribution in [1.29, 1.82) is 0 Å². The van der Waals surface area contributed by atoms with E-state index in [1.807, 2.05) is 0 Å². The molecule has 2 aromatic rings. The van der Waals surface area contributed by atoms with Crippen LogP contribution in [-0.2, 0) is 14.9 Å². The predicted octanol–water partition coefficient (Wildman–Crippen LogP) is 3.27. The third kappa shape index (κ3) is 8.18. The molecule has 17 heteroatoms. The first kappa shape index (κ1) is 36.7. The molecule has 50 heavy (non-hydrogen) atoms. The molecule has 1 amide bonds. The van der Waals surface area contributed by atoms with Crippen molar-refractivity contribution < 1.29 is 41.0 Å². The molecule has 1 aliphatic carbocycles. The molecule has 1 aromatic heterocycles. The van der Waals surface area contributed by atoms with Gasteiger partial charge in [0.25, 0.3) is 22.0 Å². The van der Waals surface area contributed by atoms with Crippen molar-refractivity contribution in [3.63, 3.8) is 0 Å². The number of carbonyl (C=O) groups excluding carboxylic acids is 1. The van der Waals surface area contributed by atoms with Gasteiger partial charge in [-0.1, -0.05) is 6.92 Å². The zero-order valence-electron chi connectivity index (χ0n) is 28.6. The van der Waals surface area contributed by atoms with Crippen LogP contribution in [0.4, 0.5) is 19.0 Å². The maximum absolute atomic E-state index is 14.4. The van der Waals surface area contributed by atoms with Gasteiger partial charge in [-0.25, -0.2) is 27.9 Å². The first-order valence-electron chi connectivity index (χ1n) is 17.2. The minimum Gasteiger partial charge on any atom is -0.451 e. The summed E-state index contributed by atoms with van der Waals surface area (Å²) in [6.07, 6.45) is 4.55. The van der Waals surface area contributed by atoms with Crippen LogP contribution in [-0.4, -0.2) is 115 Å². The van der Waals surface area contributed by atoms with Crippen LogP contribution in [0.25, 0.3) is 0 Å². The number of alkyl halides is 2. The van der Waals surface area contributed by atoms with Gasteiger partial charge in [-0.3, -0.25) is 9.69 Å². The Bertz CT molecular complexity index is 1640. The van der Waals surface area contributed by atoms with Gasteiger partial charge in [-0.15, -0.1) is 0 Å². The van der Waals surface area contributed by atoms with Crippen molar-refractivity contribution in [3.8, 4) is 11.5 Å². The molecule has 0 bridgehead atoms. The number of carbonyl (C=O) groups is 1. The average Bonchev–Trinajstić information content (AvgIpc) is 3.02. The molecule has 6 rings (SSSR count). The fourth-order valence-corrected chi connectivity index (χ4v) is 8.62. The minimum atomic E-state index is -3.61. The van der Waals surface area contributed by atoms with E-state index in [0.717, 1.165) is 32.0 Å². The highest BCUT2D eigenvalue weighted by Crippen LogP contribution is 2.46. The Morgan fingerprint density at radius 3 is 2.52 bits per heavy atom. The average molecular weight is 726 g/mol. The summed E-state index contributed by atoms with van der Waals surface area (Å²) in [4.78, 5) is 27.9. The number of halogens is 3. The van der Waals surface area contributed by atoms with E-state index in [1.54, 1.807) is 20.8 Å². The topological polar surface area (TPSA) is 149 Å². The maximum atomic E-state index is 14.4. The van der Waals surface area contributed by atoms with E-state index >= 15 is 0 Å². The number of hydrogen-bond acceptors (Lipinski definition) is 10. The molecule has 0 radical (unpaired) electrons. The molecule has 1 spiro atoms. The summed E-state index contributed by atoms with van der Waals surface area (Å²) < 4.78 is 82.8. The number of β-amino-alcohol motifs (C(OH)–C–C–N with tert-alkyl or cyclic N) is 1. The summed E-state index contributed by atoms with van der Waals surface area (Å²) in [6, 6.07) is 2.15. The summed E-state index contributed by atoms with van der Waals surface area (Å²) in [5.41, 5.74) is -0.0330. The number of aliphatic hydroxyl groups is 1. The van der Waals surface area contributed by atoms with Crippen LogP contribution < -0.4 is 19.1 Å². The van der Waals surface area contributed by atoms with Crippen molar-refractivity contribution in [2.24, 2.45) is 5.41 Å². The molecule has 3 saturated heterocycles. The Labute approximate surface area is 290 Å². The van der Waals surface area contributed by atoms with Crippen LogP contribution in [0.3, 0.4) is 0 Å². The third-order valence-electron chi connectivity index (χ3n) is 10.1.